The van der Waals surface area contributed by atoms with Crippen LogP contribution in [0.3, 0.4) is 0 Å². The van der Waals surface area contributed by atoms with Crippen molar-refractivity contribution in [2.24, 2.45) is 0 Å². The molecule has 0 aliphatic rings. The Hall–Kier alpha value is -1.16. The summed E-state index contributed by atoms with van der Waals surface area (Å²) in [7, 11) is 1.89. The zero-order valence-corrected chi connectivity index (χ0v) is 7.36. The molecule has 4 nitrogen and oxygen atoms in total. The van der Waals surface area contributed by atoms with Crippen molar-refractivity contribution in [1.29, 1.82) is 0 Å². The van der Waals surface area contributed by atoms with Crippen molar-refractivity contribution in [3.63, 3.8) is 0 Å². The Morgan fingerprint density at radius 3 is 2.92 bits per heavy atom. The smallest absolute Gasteiger partial charge is 0.132 e. The van der Waals surface area contributed by atoms with Gasteiger partial charge in [-0.2, -0.15) is 0 Å². The number of aliphatic hydroxyl groups is 1. The second kappa shape index (κ2) is 4.01. The number of aryl methyl sites for hydroxylation is 1. The molecule has 66 valence electrons. The molecule has 0 atom stereocenters. The average molecular weight is 167 g/mol. The SMILES string of the molecule is Cc1nccc(N(C)CCO)n1. The van der Waals surface area contributed by atoms with E-state index in [0.717, 1.165) is 11.6 Å². The number of nitrogens with zero attached hydrogens (tertiary/aromatic N) is 3. The highest BCUT2D eigenvalue weighted by Gasteiger charge is 2.00. The fourth-order valence-electron chi connectivity index (χ4n) is 0.921. The lowest BCUT2D eigenvalue weighted by atomic mass is 10.5. The van der Waals surface area contributed by atoms with Crippen LogP contribution in [-0.2, 0) is 0 Å². The molecule has 1 heterocycles. The molecular weight excluding hydrogens is 154 g/mol. The largest absolute Gasteiger partial charge is 0.395 e. The van der Waals surface area contributed by atoms with Gasteiger partial charge in [-0.25, -0.2) is 9.97 Å². The van der Waals surface area contributed by atoms with E-state index in [-0.39, 0.29) is 6.61 Å². The zero-order chi connectivity index (χ0) is 8.97. The molecular formula is C8H13N3O. The number of anilines is 1. The normalized spacial score (nSPS) is 9.92. The molecule has 0 amide bonds. The summed E-state index contributed by atoms with van der Waals surface area (Å²) in [5, 5.41) is 8.68. The number of aromatic nitrogens is 2. The van der Waals surface area contributed by atoms with E-state index in [1.54, 1.807) is 6.20 Å². The first kappa shape index (κ1) is 8.93. The molecule has 0 fully saturated rings. The predicted octanol–water partition coefficient (Wildman–Crippen LogP) is 0.214. The van der Waals surface area contributed by atoms with Gasteiger partial charge in [0.2, 0.25) is 0 Å². The Labute approximate surface area is 71.9 Å². The Kier molecular flexibility index (Phi) is 2.99. The highest BCUT2D eigenvalue weighted by Crippen LogP contribution is 2.05. The lowest BCUT2D eigenvalue weighted by Gasteiger charge is -2.16. The van der Waals surface area contributed by atoms with E-state index >= 15 is 0 Å². The highest BCUT2D eigenvalue weighted by molar-refractivity contribution is 5.35. The maximum Gasteiger partial charge on any atom is 0.132 e. The van der Waals surface area contributed by atoms with Crippen LogP contribution in [-0.4, -0.2) is 35.3 Å². The fraction of sp³-hybridized carbons (Fsp3) is 0.500. The van der Waals surface area contributed by atoms with E-state index in [0.29, 0.717) is 6.54 Å². The fourth-order valence-corrected chi connectivity index (χ4v) is 0.921. The third kappa shape index (κ3) is 2.17. The van der Waals surface area contributed by atoms with Gasteiger partial charge in [-0.05, 0) is 13.0 Å². The molecule has 1 rings (SSSR count). The molecule has 0 unspecified atom stereocenters. The minimum absolute atomic E-state index is 0.138. The van der Waals surface area contributed by atoms with Gasteiger partial charge in [0.25, 0.3) is 0 Å². The summed E-state index contributed by atoms with van der Waals surface area (Å²) in [5.74, 6) is 1.59. The van der Waals surface area contributed by atoms with Gasteiger partial charge < -0.3 is 10.0 Å². The summed E-state index contributed by atoms with van der Waals surface area (Å²) in [6, 6.07) is 1.82. The van der Waals surface area contributed by atoms with E-state index < -0.39 is 0 Å². The molecule has 0 spiro atoms. The van der Waals surface area contributed by atoms with Crippen LogP contribution in [0.25, 0.3) is 0 Å². The summed E-state index contributed by atoms with van der Waals surface area (Å²) < 4.78 is 0. The number of hydrogen-bond donors (Lipinski definition) is 1. The summed E-state index contributed by atoms with van der Waals surface area (Å²) in [6.45, 7) is 2.58. The Balaban J connectivity index is 2.73. The third-order valence-electron chi connectivity index (χ3n) is 1.59. The van der Waals surface area contributed by atoms with Gasteiger partial charge in [0, 0.05) is 19.8 Å². The quantitative estimate of drug-likeness (QED) is 0.699. The lowest BCUT2D eigenvalue weighted by molar-refractivity contribution is 0.304. The average Bonchev–Trinajstić information content (AvgIpc) is 2.05. The van der Waals surface area contributed by atoms with Gasteiger partial charge in [0.15, 0.2) is 0 Å². The van der Waals surface area contributed by atoms with E-state index in [1.807, 2.05) is 24.9 Å². The van der Waals surface area contributed by atoms with Crippen LogP contribution in [0.15, 0.2) is 12.3 Å². The van der Waals surface area contributed by atoms with Gasteiger partial charge in [-0.3, -0.25) is 0 Å². The molecule has 4 heteroatoms. The number of hydrogen-bond acceptors (Lipinski definition) is 4. The molecule has 1 aromatic rings. The first-order chi connectivity index (χ1) is 5.74. The van der Waals surface area contributed by atoms with Crippen LogP contribution >= 0.6 is 0 Å². The third-order valence-corrected chi connectivity index (χ3v) is 1.59. The van der Waals surface area contributed by atoms with Gasteiger partial charge in [0.05, 0.1) is 6.61 Å². The van der Waals surface area contributed by atoms with Crippen LogP contribution in [0.1, 0.15) is 5.82 Å². The molecule has 0 saturated heterocycles. The van der Waals surface area contributed by atoms with Gasteiger partial charge in [-0.15, -0.1) is 0 Å². The van der Waals surface area contributed by atoms with Crippen LogP contribution in [0.2, 0.25) is 0 Å². The van der Waals surface area contributed by atoms with Gasteiger partial charge in [0.1, 0.15) is 11.6 Å². The number of rotatable bonds is 3. The monoisotopic (exact) mass is 167 g/mol. The standard InChI is InChI=1S/C8H13N3O/c1-7-9-4-3-8(10-7)11(2)5-6-12/h3-4,12H,5-6H2,1-2H3. The van der Waals surface area contributed by atoms with Gasteiger partial charge in [-0.1, -0.05) is 0 Å². The highest BCUT2D eigenvalue weighted by atomic mass is 16.3. The van der Waals surface area contributed by atoms with E-state index in [9.17, 15) is 0 Å². The minimum atomic E-state index is 0.138. The molecule has 0 bridgehead atoms. The number of aliphatic hydroxyl groups excluding tert-OH is 1. The lowest BCUT2D eigenvalue weighted by Crippen LogP contribution is -2.22. The first-order valence-corrected chi connectivity index (χ1v) is 3.85. The molecule has 0 aliphatic carbocycles. The second-order valence-corrected chi connectivity index (χ2v) is 2.61. The van der Waals surface area contributed by atoms with E-state index in [1.165, 1.54) is 0 Å². The zero-order valence-electron chi connectivity index (χ0n) is 7.36. The molecule has 1 aromatic heterocycles. The maximum atomic E-state index is 8.68. The molecule has 0 aliphatic heterocycles. The van der Waals surface area contributed by atoms with Crippen molar-refractivity contribution < 1.29 is 5.11 Å². The van der Waals surface area contributed by atoms with Crippen LogP contribution < -0.4 is 4.90 Å². The van der Waals surface area contributed by atoms with Crippen molar-refractivity contribution in [1.82, 2.24) is 9.97 Å². The van der Waals surface area contributed by atoms with E-state index in [2.05, 4.69) is 9.97 Å². The first-order valence-electron chi connectivity index (χ1n) is 3.85. The summed E-state index contributed by atoms with van der Waals surface area (Å²) >= 11 is 0. The summed E-state index contributed by atoms with van der Waals surface area (Å²) in [4.78, 5) is 10.1. The van der Waals surface area contributed by atoms with Crippen LogP contribution in [0.5, 0.6) is 0 Å². The van der Waals surface area contributed by atoms with Crippen molar-refractivity contribution in [2.75, 3.05) is 25.1 Å². The Morgan fingerprint density at radius 2 is 2.33 bits per heavy atom. The van der Waals surface area contributed by atoms with Gasteiger partial charge >= 0.3 is 0 Å². The maximum absolute atomic E-state index is 8.68. The molecule has 0 saturated carbocycles. The van der Waals surface area contributed by atoms with Crippen LogP contribution in [0, 0.1) is 6.92 Å². The van der Waals surface area contributed by atoms with Crippen molar-refractivity contribution in [3.8, 4) is 0 Å². The second-order valence-electron chi connectivity index (χ2n) is 2.61. The number of likely N-dealkylation sites (N-methyl/N-ethyl adjacent to an activating group) is 1. The molecule has 0 radical (unpaired) electrons. The Morgan fingerprint density at radius 1 is 1.58 bits per heavy atom. The topological polar surface area (TPSA) is 49.2 Å². The van der Waals surface area contributed by atoms with Crippen molar-refractivity contribution in [3.05, 3.63) is 18.1 Å². The molecule has 1 N–H and O–H groups in total. The van der Waals surface area contributed by atoms with Crippen molar-refractivity contribution >= 4 is 5.82 Å². The predicted molar refractivity (Wildman–Crippen MR) is 47.1 cm³/mol. The van der Waals surface area contributed by atoms with Crippen LogP contribution in [0.4, 0.5) is 5.82 Å². The van der Waals surface area contributed by atoms with E-state index in [4.69, 9.17) is 5.11 Å². The van der Waals surface area contributed by atoms with Crippen molar-refractivity contribution in [2.45, 2.75) is 6.92 Å². The summed E-state index contributed by atoms with van der Waals surface area (Å²) in [5.41, 5.74) is 0. The summed E-state index contributed by atoms with van der Waals surface area (Å²) in [6.07, 6.45) is 1.71. The molecule has 0 aromatic carbocycles. The Bertz CT molecular complexity index is 252. The minimum Gasteiger partial charge on any atom is -0.395 e. The molecule has 12 heavy (non-hydrogen) atoms.